The maximum Gasteiger partial charge on any atom is 0.122 e. The van der Waals surface area contributed by atoms with E-state index < -0.39 is 0 Å². The normalized spacial score (nSPS) is 19.1. The third kappa shape index (κ3) is 4.39. The fourth-order valence-corrected chi connectivity index (χ4v) is 2.79. The van der Waals surface area contributed by atoms with Gasteiger partial charge in [-0.25, -0.2) is 0 Å². The van der Waals surface area contributed by atoms with Crippen LogP contribution in [0.2, 0.25) is 0 Å². The summed E-state index contributed by atoms with van der Waals surface area (Å²) in [7, 11) is 5.55. The lowest BCUT2D eigenvalue weighted by Crippen LogP contribution is -2.42. The van der Waals surface area contributed by atoms with E-state index in [0.29, 0.717) is 6.04 Å². The zero-order valence-electron chi connectivity index (χ0n) is 12.8. The highest BCUT2D eigenvalue weighted by atomic mass is 16.5. The quantitative estimate of drug-likeness (QED) is 0.865. The molecule has 0 amide bonds. The highest BCUT2D eigenvalue weighted by Crippen LogP contribution is 2.23. The molecule has 0 bridgehead atoms. The van der Waals surface area contributed by atoms with Gasteiger partial charge in [0.25, 0.3) is 0 Å². The maximum atomic E-state index is 5.32. The minimum atomic E-state index is 0.626. The van der Waals surface area contributed by atoms with Gasteiger partial charge in [0.2, 0.25) is 0 Å². The second kappa shape index (κ2) is 7.50. The lowest BCUT2D eigenvalue weighted by atomic mass is 10.0. The molecule has 0 spiro atoms. The minimum absolute atomic E-state index is 0.626. The molecule has 20 heavy (non-hydrogen) atoms. The molecule has 1 aliphatic rings. The number of rotatable bonds is 6. The summed E-state index contributed by atoms with van der Waals surface area (Å²) < 4.78 is 10.6. The van der Waals surface area contributed by atoms with E-state index in [1.54, 1.807) is 14.2 Å². The Morgan fingerprint density at radius 3 is 2.40 bits per heavy atom. The number of benzene rings is 1. The Labute approximate surface area is 122 Å². The molecule has 1 aliphatic heterocycles. The smallest absolute Gasteiger partial charge is 0.122 e. The molecular formula is C16H26N2O2. The summed E-state index contributed by atoms with van der Waals surface area (Å²) in [5.74, 6) is 1.70. The monoisotopic (exact) mass is 278 g/mol. The summed E-state index contributed by atoms with van der Waals surface area (Å²) >= 11 is 0. The van der Waals surface area contributed by atoms with Gasteiger partial charge in [0.05, 0.1) is 14.2 Å². The molecule has 0 radical (unpaired) electrons. The Morgan fingerprint density at radius 1 is 1.15 bits per heavy atom. The van der Waals surface area contributed by atoms with Crippen molar-refractivity contribution < 1.29 is 9.47 Å². The zero-order chi connectivity index (χ0) is 14.4. The van der Waals surface area contributed by atoms with Gasteiger partial charge in [-0.1, -0.05) is 6.42 Å². The van der Waals surface area contributed by atoms with Gasteiger partial charge in [0.1, 0.15) is 11.5 Å². The number of nitrogens with zero attached hydrogens (tertiary/aromatic N) is 1. The van der Waals surface area contributed by atoms with Crippen LogP contribution in [0.5, 0.6) is 11.5 Å². The Morgan fingerprint density at radius 2 is 1.85 bits per heavy atom. The molecule has 1 aromatic carbocycles. The standard InChI is InChI=1S/C16H26N2O2/c1-18(12-14-6-4-5-7-17-14)11-13-8-15(19-2)10-16(9-13)20-3/h8-10,14,17H,4-7,11-12H2,1-3H3. The van der Waals surface area contributed by atoms with Crippen molar-refractivity contribution in [1.82, 2.24) is 10.2 Å². The second-order valence-electron chi connectivity index (χ2n) is 5.56. The van der Waals surface area contributed by atoms with Gasteiger partial charge in [-0.15, -0.1) is 0 Å². The van der Waals surface area contributed by atoms with Gasteiger partial charge in [-0.2, -0.15) is 0 Å². The van der Waals surface area contributed by atoms with Crippen molar-refractivity contribution in [2.45, 2.75) is 31.8 Å². The molecule has 1 N–H and O–H groups in total. The van der Waals surface area contributed by atoms with Gasteiger partial charge in [0.15, 0.2) is 0 Å². The van der Waals surface area contributed by atoms with E-state index in [-0.39, 0.29) is 0 Å². The SMILES string of the molecule is COc1cc(CN(C)CC2CCCCN2)cc(OC)c1. The van der Waals surface area contributed by atoms with Crippen LogP contribution >= 0.6 is 0 Å². The molecule has 1 unspecified atom stereocenters. The van der Waals surface area contributed by atoms with Gasteiger partial charge in [0, 0.05) is 25.2 Å². The summed E-state index contributed by atoms with van der Waals surface area (Å²) in [6.07, 6.45) is 3.94. The van der Waals surface area contributed by atoms with Gasteiger partial charge in [-0.3, -0.25) is 0 Å². The van der Waals surface area contributed by atoms with E-state index in [1.165, 1.54) is 24.8 Å². The topological polar surface area (TPSA) is 33.7 Å². The minimum Gasteiger partial charge on any atom is -0.497 e. The van der Waals surface area contributed by atoms with Crippen molar-refractivity contribution in [3.05, 3.63) is 23.8 Å². The highest BCUT2D eigenvalue weighted by Gasteiger charge is 2.15. The lowest BCUT2D eigenvalue weighted by Gasteiger charge is -2.28. The average Bonchev–Trinajstić information content (AvgIpc) is 2.47. The van der Waals surface area contributed by atoms with Crippen LogP contribution in [0.25, 0.3) is 0 Å². The van der Waals surface area contributed by atoms with Crippen LogP contribution in [-0.2, 0) is 6.54 Å². The Balaban J connectivity index is 1.93. The Hall–Kier alpha value is -1.26. The van der Waals surface area contributed by atoms with Gasteiger partial charge < -0.3 is 19.7 Å². The van der Waals surface area contributed by atoms with Crippen LogP contribution in [-0.4, -0.2) is 45.3 Å². The first-order chi connectivity index (χ1) is 9.71. The molecule has 0 saturated carbocycles. The number of methoxy groups -OCH3 is 2. The fourth-order valence-electron chi connectivity index (χ4n) is 2.79. The van der Waals surface area contributed by atoms with Crippen LogP contribution in [0.15, 0.2) is 18.2 Å². The summed E-state index contributed by atoms with van der Waals surface area (Å²) in [4.78, 5) is 2.36. The Bertz CT molecular complexity index is 395. The first-order valence-corrected chi connectivity index (χ1v) is 7.35. The molecule has 0 aromatic heterocycles. The van der Waals surface area contributed by atoms with E-state index in [1.807, 2.05) is 6.07 Å². The van der Waals surface area contributed by atoms with E-state index in [4.69, 9.17) is 9.47 Å². The van der Waals surface area contributed by atoms with Crippen molar-refractivity contribution in [3.8, 4) is 11.5 Å². The maximum absolute atomic E-state index is 5.32. The van der Waals surface area contributed by atoms with Crippen molar-refractivity contribution in [3.63, 3.8) is 0 Å². The molecule has 1 heterocycles. The predicted octanol–water partition coefficient (Wildman–Crippen LogP) is 2.28. The molecule has 1 fully saturated rings. The van der Waals surface area contributed by atoms with Crippen molar-refractivity contribution in [2.24, 2.45) is 0 Å². The molecular weight excluding hydrogens is 252 g/mol. The van der Waals surface area contributed by atoms with Crippen LogP contribution < -0.4 is 14.8 Å². The highest BCUT2D eigenvalue weighted by molar-refractivity contribution is 5.38. The van der Waals surface area contributed by atoms with Crippen molar-refractivity contribution in [1.29, 1.82) is 0 Å². The fraction of sp³-hybridized carbons (Fsp3) is 0.625. The van der Waals surface area contributed by atoms with Gasteiger partial charge in [-0.05, 0) is 44.1 Å². The van der Waals surface area contributed by atoms with E-state index >= 15 is 0 Å². The number of hydrogen-bond acceptors (Lipinski definition) is 4. The van der Waals surface area contributed by atoms with Gasteiger partial charge >= 0.3 is 0 Å². The zero-order valence-corrected chi connectivity index (χ0v) is 12.8. The van der Waals surface area contributed by atoms with E-state index in [2.05, 4.69) is 29.4 Å². The van der Waals surface area contributed by atoms with Crippen LogP contribution in [0.4, 0.5) is 0 Å². The summed E-state index contributed by atoms with van der Waals surface area (Å²) in [5.41, 5.74) is 1.22. The van der Waals surface area contributed by atoms with Crippen LogP contribution in [0.3, 0.4) is 0 Å². The first-order valence-electron chi connectivity index (χ1n) is 7.35. The molecule has 2 rings (SSSR count). The number of hydrogen-bond donors (Lipinski definition) is 1. The number of likely N-dealkylation sites (N-methyl/N-ethyl adjacent to an activating group) is 1. The summed E-state index contributed by atoms with van der Waals surface area (Å²) in [5, 5.41) is 3.59. The average molecular weight is 278 g/mol. The van der Waals surface area contributed by atoms with Crippen molar-refractivity contribution >= 4 is 0 Å². The molecule has 0 aliphatic carbocycles. The Kier molecular flexibility index (Phi) is 5.68. The third-order valence-electron chi connectivity index (χ3n) is 3.81. The second-order valence-corrected chi connectivity index (χ2v) is 5.56. The molecule has 4 nitrogen and oxygen atoms in total. The molecule has 1 saturated heterocycles. The predicted molar refractivity (Wildman–Crippen MR) is 81.5 cm³/mol. The van der Waals surface area contributed by atoms with Crippen LogP contribution in [0.1, 0.15) is 24.8 Å². The van der Waals surface area contributed by atoms with Crippen molar-refractivity contribution in [2.75, 3.05) is 34.4 Å². The molecule has 1 aromatic rings. The molecule has 112 valence electrons. The number of piperidine rings is 1. The first kappa shape index (κ1) is 15.1. The molecule has 4 heteroatoms. The summed E-state index contributed by atoms with van der Waals surface area (Å²) in [6.45, 7) is 3.15. The third-order valence-corrected chi connectivity index (χ3v) is 3.81. The van der Waals surface area contributed by atoms with E-state index in [0.717, 1.165) is 31.1 Å². The number of nitrogens with one attached hydrogen (secondary N) is 1. The van der Waals surface area contributed by atoms with E-state index in [9.17, 15) is 0 Å². The molecule has 1 atom stereocenters. The number of ether oxygens (including phenoxy) is 2. The largest absolute Gasteiger partial charge is 0.497 e. The summed E-state index contributed by atoms with van der Waals surface area (Å²) in [6, 6.07) is 6.69. The van der Waals surface area contributed by atoms with Crippen LogP contribution in [0, 0.1) is 0 Å². The lowest BCUT2D eigenvalue weighted by molar-refractivity contribution is 0.256.